The number of likely N-dealkylation sites (N-methyl/N-ethyl adjacent to an activating group) is 1. The van der Waals surface area contributed by atoms with Crippen LogP contribution in [0.2, 0.25) is 0 Å². The Labute approximate surface area is 117 Å². The molecule has 1 saturated heterocycles. The van der Waals surface area contributed by atoms with Gasteiger partial charge in [-0.2, -0.15) is 0 Å². The molecule has 1 aromatic carbocycles. The van der Waals surface area contributed by atoms with Gasteiger partial charge in [0.25, 0.3) is 0 Å². The number of hydrogen-bond acceptors (Lipinski definition) is 3. The number of likely N-dealkylation sites (tertiary alicyclic amines) is 1. The minimum atomic E-state index is -0.307. The molecule has 2 amide bonds. The van der Waals surface area contributed by atoms with E-state index >= 15 is 0 Å². The Hall–Kier alpha value is -1.49. The molecule has 1 aliphatic heterocycles. The predicted octanol–water partition coefficient (Wildman–Crippen LogP) is 1.65. The van der Waals surface area contributed by atoms with Crippen molar-refractivity contribution >= 4 is 23.6 Å². The molecule has 19 heavy (non-hydrogen) atoms. The minimum absolute atomic E-state index is 0.0458. The number of rotatable bonds is 4. The molecular weight excluding hydrogens is 260 g/mol. The van der Waals surface area contributed by atoms with Gasteiger partial charge < -0.3 is 10.2 Å². The Morgan fingerprint density at radius 2 is 2.11 bits per heavy atom. The van der Waals surface area contributed by atoms with Gasteiger partial charge in [-0.25, -0.2) is 0 Å². The van der Waals surface area contributed by atoms with Crippen LogP contribution in [0.5, 0.6) is 0 Å². The van der Waals surface area contributed by atoms with Crippen LogP contribution in [0.15, 0.2) is 29.2 Å². The van der Waals surface area contributed by atoms with Crippen molar-refractivity contribution in [1.29, 1.82) is 0 Å². The maximum atomic E-state index is 12.0. The maximum absolute atomic E-state index is 12.0. The van der Waals surface area contributed by atoms with Crippen LogP contribution in [0.25, 0.3) is 0 Å². The number of hydrogen-bond donors (Lipinski definition) is 1. The van der Waals surface area contributed by atoms with E-state index in [0.29, 0.717) is 19.4 Å². The predicted molar refractivity (Wildman–Crippen MR) is 75.9 cm³/mol. The summed E-state index contributed by atoms with van der Waals surface area (Å²) >= 11 is 1.69. The van der Waals surface area contributed by atoms with Crippen molar-refractivity contribution in [3.63, 3.8) is 0 Å². The summed E-state index contributed by atoms with van der Waals surface area (Å²) in [6.07, 6.45) is 3.12. The number of nitrogens with one attached hydrogen (secondary N) is 1. The van der Waals surface area contributed by atoms with Crippen molar-refractivity contribution in [2.24, 2.45) is 0 Å². The molecule has 1 unspecified atom stereocenters. The molecule has 0 aromatic heterocycles. The van der Waals surface area contributed by atoms with Crippen molar-refractivity contribution in [2.75, 3.05) is 13.3 Å². The van der Waals surface area contributed by atoms with Gasteiger partial charge >= 0.3 is 0 Å². The lowest BCUT2D eigenvalue weighted by atomic mass is 10.2. The van der Waals surface area contributed by atoms with Gasteiger partial charge in [0.05, 0.1) is 0 Å². The first-order valence-corrected chi connectivity index (χ1v) is 7.50. The van der Waals surface area contributed by atoms with Crippen LogP contribution in [0.1, 0.15) is 18.4 Å². The van der Waals surface area contributed by atoms with E-state index in [2.05, 4.69) is 5.32 Å². The zero-order valence-electron chi connectivity index (χ0n) is 11.2. The Balaban J connectivity index is 1.87. The molecule has 2 rings (SSSR count). The van der Waals surface area contributed by atoms with Crippen molar-refractivity contribution in [3.05, 3.63) is 29.8 Å². The highest BCUT2D eigenvalue weighted by atomic mass is 32.2. The number of carbonyl (C=O) groups excluding carboxylic acids is 2. The SMILES string of the molecule is CSc1ccc(CNC(=O)C2CCC(=O)N2C)cc1. The van der Waals surface area contributed by atoms with Gasteiger partial charge in [0.15, 0.2) is 0 Å². The molecule has 0 aliphatic carbocycles. The molecule has 1 aromatic rings. The molecule has 5 heteroatoms. The van der Waals surface area contributed by atoms with Gasteiger partial charge in [-0.1, -0.05) is 12.1 Å². The first-order chi connectivity index (χ1) is 9.11. The number of carbonyl (C=O) groups is 2. The normalized spacial score (nSPS) is 18.7. The van der Waals surface area contributed by atoms with Crippen LogP contribution in [-0.4, -0.2) is 36.1 Å². The quantitative estimate of drug-likeness (QED) is 0.852. The summed E-state index contributed by atoms with van der Waals surface area (Å²) in [4.78, 5) is 26.1. The number of amides is 2. The Bertz CT molecular complexity index is 473. The second kappa shape index (κ2) is 6.10. The van der Waals surface area contributed by atoms with Crippen LogP contribution in [-0.2, 0) is 16.1 Å². The second-order valence-corrected chi connectivity index (χ2v) is 5.50. The van der Waals surface area contributed by atoms with Gasteiger partial charge in [0, 0.05) is 24.9 Å². The highest BCUT2D eigenvalue weighted by molar-refractivity contribution is 7.98. The number of thioether (sulfide) groups is 1. The molecule has 0 saturated carbocycles. The summed E-state index contributed by atoms with van der Waals surface area (Å²) in [6.45, 7) is 0.506. The highest BCUT2D eigenvalue weighted by Gasteiger charge is 2.32. The fraction of sp³-hybridized carbons (Fsp3) is 0.429. The van der Waals surface area contributed by atoms with E-state index in [1.807, 2.05) is 30.5 Å². The molecule has 1 atom stereocenters. The Kier molecular flexibility index (Phi) is 4.47. The lowest BCUT2D eigenvalue weighted by molar-refractivity contribution is -0.133. The van der Waals surface area contributed by atoms with E-state index < -0.39 is 0 Å². The fourth-order valence-corrected chi connectivity index (χ4v) is 2.57. The average molecular weight is 278 g/mol. The van der Waals surface area contributed by atoms with E-state index in [0.717, 1.165) is 5.56 Å². The largest absolute Gasteiger partial charge is 0.350 e. The van der Waals surface area contributed by atoms with E-state index in [1.165, 1.54) is 9.80 Å². The van der Waals surface area contributed by atoms with Crippen LogP contribution < -0.4 is 5.32 Å². The molecule has 0 spiro atoms. The van der Waals surface area contributed by atoms with Gasteiger partial charge in [0.2, 0.25) is 11.8 Å². The average Bonchev–Trinajstić information content (AvgIpc) is 2.77. The lowest BCUT2D eigenvalue weighted by Gasteiger charge is -2.19. The molecule has 1 N–H and O–H groups in total. The van der Waals surface area contributed by atoms with Crippen LogP contribution >= 0.6 is 11.8 Å². The van der Waals surface area contributed by atoms with Gasteiger partial charge in [0.1, 0.15) is 6.04 Å². The van der Waals surface area contributed by atoms with Crippen molar-refractivity contribution in [1.82, 2.24) is 10.2 Å². The summed E-state index contributed by atoms with van der Waals surface area (Å²) in [6, 6.07) is 7.79. The summed E-state index contributed by atoms with van der Waals surface area (Å²) in [5, 5.41) is 2.89. The molecule has 0 radical (unpaired) electrons. The summed E-state index contributed by atoms with van der Waals surface area (Å²) in [7, 11) is 1.69. The molecule has 4 nitrogen and oxygen atoms in total. The van der Waals surface area contributed by atoms with Crippen molar-refractivity contribution in [3.8, 4) is 0 Å². The topological polar surface area (TPSA) is 49.4 Å². The molecule has 1 heterocycles. The summed E-state index contributed by atoms with van der Waals surface area (Å²) < 4.78 is 0. The third kappa shape index (κ3) is 3.29. The first kappa shape index (κ1) is 13.9. The van der Waals surface area contributed by atoms with Crippen molar-refractivity contribution < 1.29 is 9.59 Å². The third-order valence-corrected chi connectivity index (χ3v) is 4.16. The van der Waals surface area contributed by atoms with E-state index in [4.69, 9.17) is 0 Å². The van der Waals surface area contributed by atoms with E-state index in [1.54, 1.807) is 18.8 Å². The van der Waals surface area contributed by atoms with Crippen LogP contribution in [0.4, 0.5) is 0 Å². The first-order valence-electron chi connectivity index (χ1n) is 6.28. The van der Waals surface area contributed by atoms with Gasteiger partial charge in [-0.05, 0) is 30.4 Å². The molecule has 1 fully saturated rings. The van der Waals surface area contributed by atoms with Gasteiger partial charge in [-0.3, -0.25) is 9.59 Å². The lowest BCUT2D eigenvalue weighted by Crippen LogP contribution is -2.42. The molecule has 1 aliphatic rings. The number of nitrogens with zero attached hydrogens (tertiary/aromatic N) is 1. The zero-order valence-corrected chi connectivity index (χ0v) is 12.0. The number of benzene rings is 1. The highest BCUT2D eigenvalue weighted by Crippen LogP contribution is 2.17. The second-order valence-electron chi connectivity index (χ2n) is 4.62. The van der Waals surface area contributed by atoms with Crippen LogP contribution in [0.3, 0.4) is 0 Å². The monoisotopic (exact) mass is 278 g/mol. The zero-order chi connectivity index (χ0) is 13.8. The third-order valence-electron chi connectivity index (χ3n) is 3.42. The molecule has 102 valence electrons. The fourth-order valence-electron chi connectivity index (χ4n) is 2.16. The van der Waals surface area contributed by atoms with E-state index in [9.17, 15) is 9.59 Å². The summed E-state index contributed by atoms with van der Waals surface area (Å²) in [5.74, 6) is -0.0215. The smallest absolute Gasteiger partial charge is 0.243 e. The molecule has 0 bridgehead atoms. The van der Waals surface area contributed by atoms with Crippen LogP contribution in [0, 0.1) is 0 Å². The standard InChI is InChI=1S/C14H18N2O2S/c1-16-12(7-8-13(16)17)14(18)15-9-10-3-5-11(19-2)6-4-10/h3-6,12H,7-9H2,1-2H3,(H,15,18). The minimum Gasteiger partial charge on any atom is -0.350 e. The Morgan fingerprint density at radius 3 is 2.63 bits per heavy atom. The van der Waals surface area contributed by atoms with E-state index in [-0.39, 0.29) is 17.9 Å². The van der Waals surface area contributed by atoms with Gasteiger partial charge in [-0.15, -0.1) is 11.8 Å². The molecular formula is C14H18N2O2S. The maximum Gasteiger partial charge on any atom is 0.243 e. The van der Waals surface area contributed by atoms with Crippen molar-refractivity contribution in [2.45, 2.75) is 30.3 Å². The summed E-state index contributed by atoms with van der Waals surface area (Å²) in [5.41, 5.74) is 1.07. The Morgan fingerprint density at radius 1 is 1.42 bits per heavy atom.